The van der Waals surface area contributed by atoms with Crippen molar-refractivity contribution >= 4 is 29.5 Å². The Bertz CT molecular complexity index is 1290. The molecule has 0 spiro atoms. The first-order valence-corrected chi connectivity index (χ1v) is 10.7. The summed E-state index contributed by atoms with van der Waals surface area (Å²) in [5, 5.41) is 11.8. The quantitative estimate of drug-likeness (QED) is 0.425. The number of rotatable bonds is 8. The number of ether oxygens (including phenoxy) is 2. The van der Waals surface area contributed by atoms with Crippen LogP contribution in [0.4, 0.5) is 18.9 Å². The monoisotopic (exact) mass is 515 g/mol. The average Bonchev–Trinajstić information content (AvgIpc) is 2.87. The average molecular weight is 515 g/mol. The van der Waals surface area contributed by atoms with Crippen LogP contribution in [0, 0.1) is 6.92 Å². The molecular formula is C26H20F3NO7. The molecule has 192 valence electrons. The minimum absolute atomic E-state index is 0.0457. The van der Waals surface area contributed by atoms with Crippen LogP contribution < -0.4 is 5.32 Å². The van der Waals surface area contributed by atoms with Crippen molar-refractivity contribution in [2.24, 2.45) is 0 Å². The highest BCUT2D eigenvalue weighted by Crippen LogP contribution is 2.33. The van der Waals surface area contributed by atoms with Crippen molar-refractivity contribution in [3.05, 3.63) is 101 Å². The molecule has 3 rings (SSSR count). The first-order valence-electron chi connectivity index (χ1n) is 10.7. The van der Waals surface area contributed by atoms with E-state index >= 15 is 0 Å². The predicted octanol–water partition coefficient (Wildman–Crippen LogP) is 4.49. The molecule has 0 saturated carbocycles. The molecule has 0 aliphatic rings. The molecular weight excluding hydrogens is 495 g/mol. The molecule has 3 aromatic carbocycles. The van der Waals surface area contributed by atoms with Gasteiger partial charge in [-0.1, -0.05) is 42.5 Å². The SMILES string of the molecule is Cc1ccc(NC(=O)C(OC(=O)c2ccccc2)C(OC(=O)c2ccccc2)C(=O)O)cc1C(F)(F)F. The Morgan fingerprint density at radius 1 is 0.784 bits per heavy atom. The molecule has 1 amide bonds. The zero-order valence-corrected chi connectivity index (χ0v) is 19.2. The van der Waals surface area contributed by atoms with E-state index in [-0.39, 0.29) is 22.4 Å². The van der Waals surface area contributed by atoms with Crippen molar-refractivity contribution in [1.29, 1.82) is 0 Å². The van der Waals surface area contributed by atoms with Gasteiger partial charge < -0.3 is 19.9 Å². The number of carboxylic acids is 1. The lowest BCUT2D eigenvalue weighted by atomic mass is 10.1. The summed E-state index contributed by atoms with van der Waals surface area (Å²) in [6.45, 7) is 1.22. The maximum atomic E-state index is 13.3. The first-order chi connectivity index (χ1) is 17.5. The van der Waals surface area contributed by atoms with Crippen LogP contribution in [0.5, 0.6) is 0 Å². The van der Waals surface area contributed by atoms with Gasteiger partial charge in [0.1, 0.15) is 0 Å². The number of alkyl halides is 3. The molecule has 37 heavy (non-hydrogen) atoms. The Morgan fingerprint density at radius 2 is 1.27 bits per heavy atom. The van der Waals surface area contributed by atoms with E-state index in [1.807, 2.05) is 0 Å². The number of hydrogen-bond donors (Lipinski definition) is 2. The summed E-state index contributed by atoms with van der Waals surface area (Å²) < 4.78 is 50.0. The standard InChI is InChI=1S/C26H20F3NO7/c1-15-12-13-18(14-19(15)26(27,28)29)30-22(31)20(36-24(34)16-8-4-2-5-9-16)21(23(32)33)37-25(35)17-10-6-3-7-11-17/h2-14,20-21H,1H3,(H,30,31)(H,32,33). The van der Waals surface area contributed by atoms with Crippen LogP contribution in [0.1, 0.15) is 31.8 Å². The molecule has 0 aromatic heterocycles. The molecule has 2 N–H and O–H groups in total. The summed E-state index contributed by atoms with van der Waals surface area (Å²) >= 11 is 0. The molecule has 0 aliphatic heterocycles. The number of halogens is 3. The van der Waals surface area contributed by atoms with E-state index in [4.69, 9.17) is 9.47 Å². The molecule has 3 aromatic rings. The predicted molar refractivity (Wildman–Crippen MR) is 124 cm³/mol. The Morgan fingerprint density at radius 3 is 1.73 bits per heavy atom. The van der Waals surface area contributed by atoms with Gasteiger partial charge in [0.05, 0.1) is 16.7 Å². The van der Waals surface area contributed by atoms with Crippen LogP contribution >= 0.6 is 0 Å². The summed E-state index contributed by atoms with van der Waals surface area (Å²) in [6, 6.07) is 17.4. The van der Waals surface area contributed by atoms with Gasteiger partial charge in [0.15, 0.2) is 0 Å². The normalized spacial score (nSPS) is 12.6. The van der Waals surface area contributed by atoms with Gasteiger partial charge in [0.25, 0.3) is 5.91 Å². The zero-order valence-electron chi connectivity index (χ0n) is 19.2. The number of hydrogen-bond acceptors (Lipinski definition) is 6. The third-order valence-electron chi connectivity index (χ3n) is 5.07. The molecule has 0 bridgehead atoms. The first kappa shape index (κ1) is 26.9. The van der Waals surface area contributed by atoms with Gasteiger partial charge in [-0.3, -0.25) is 4.79 Å². The van der Waals surface area contributed by atoms with E-state index in [0.29, 0.717) is 6.07 Å². The number of benzene rings is 3. The van der Waals surface area contributed by atoms with Gasteiger partial charge in [-0.15, -0.1) is 0 Å². The molecule has 0 saturated heterocycles. The smallest absolute Gasteiger partial charge is 0.416 e. The summed E-state index contributed by atoms with van der Waals surface area (Å²) in [6.07, 6.45) is -9.31. The lowest BCUT2D eigenvalue weighted by molar-refractivity contribution is -0.157. The summed E-state index contributed by atoms with van der Waals surface area (Å²) in [5.74, 6) is -5.40. The Labute approximate surface area is 208 Å². The molecule has 0 aliphatic carbocycles. The van der Waals surface area contributed by atoms with Crippen molar-refractivity contribution in [1.82, 2.24) is 0 Å². The number of amides is 1. The van der Waals surface area contributed by atoms with Crippen molar-refractivity contribution < 1.29 is 46.9 Å². The lowest BCUT2D eigenvalue weighted by Crippen LogP contribution is -2.48. The van der Waals surface area contributed by atoms with Crippen LogP contribution in [-0.4, -0.2) is 41.1 Å². The van der Waals surface area contributed by atoms with Crippen LogP contribution in [0.25, 0.3) is 0 Å². The Balaban J connectivity index is 1.94. The van der Waals surface area contributed by atoms with Gasteiger partial charge in [0, 0.05) is 5.69 Å². The second-order valence-electron chi connectivity index (χ2n) is 7.74. The minimum atomic E-state index is -4.72. The number of aryl methyl sites for hydroxylation is 1. The lowest BCUT2D eigenvalue weighted by Gasteiger charge is -2.24. The van der Waals surface area contributed by atoms with Crippen molar-refractivity contribution in [2.45, 2.75) is 25.3 Å². The Hall–Kier alpha value is -4.67. The molecule has 2 unspecified atom stereocenters. The van der Waals surface area contributed by atoms with Gasteiger partial charge in [0.2, 0.25) is 12.2 Å². The number of carboxylic acid groups (broad SMARTS) is 1. The summed E-state index contributed by atoms with van der Waals surface area (Å²) in [5.41, 5.74) is -1.59. The van der Waals surface area contributed by atoms with Gasteiger partial charge >= 0.3 is 24.1 Å². The number of anilines is 1. The molecule has 0 radical (unpaired) electrons. The number of aliphatic carboxylic acids is 1. The van der Waals surface area contributed by atoms with Crippen molar-refractivity contribution in [2.75, 3.05) is 5.32 Å². The third kappa shape index (κ3) is 6.94. The second kappa shape index (κ2) is 11.4. The van der Waals surface area contributed by atoms with E-state index in [1.54, 1.807) is 12.1 Å². The van der Waals surface area contributed by atoms with Crippen LogP contribution in [0.15, 0.2) is 78.9 Å². The molecule has 2 atom stereocenters. The maximum absolute atomic E-state index is 13.3. The fraction of sp³-hybridized carbons (Fsp3) is 0.154. The maximum Gasteiger partial charge on any atom is 0.416 e. The fourth-order valence-corrected chi connectivity index (χ4v) is 3.23. The summed E-state index contributed by atoms with van der Waals surface area (Å²) in [7, 11) is 0. The minimum Gasteiger partial charge on any atom is -0.478 e. The topological polar surface area (TPSA) is 119 Å². The fourth-order valence-electron chi connectivity index (χ4n) is 3.23. The summed E-state index contributed by atoms with van der Waals surface area (Å²) in [4.78, 5) is 50.2. The number of carbonyl (C=O) groups is 4. The van der Waals surface area contributed by atoms with Crippen LogP contribution in [0.3, 0.4) is 0 Å². The molecule has 11 heteroatoms. The Kier molecular flexibility index (Phi) is 8.28. The van der Waals surface area contributed by atoms with E-state index in [0.717, 1.165) is 12.1 Å². The van der Waals surface area contributed by atoms with E-state index in [2.05, 4.69) is 5.32 Å². The van der Waals surface area contributed by atoms with Crippen molar-refractivity contribution in [3.8, 4) is 0 Å². The molecule has 8 nitrogen and oxygen atoms in total. The van der Waals surface area contributed by atoms with Gasteiger partial charge in [-0.2, -0.15) is 13.2 Å². The van der Waals surface area contributed by atoms with E-state index in [1.165, 1.54) is 55.5 Å². The third-order valence-corrected chi connectivity index (χ3v) is 5.07. The number of esters is 2. The number of carbonyl (C=O) groups excluding carboxylic acids is 3. The van der Waals surface area contributed by atoms with Gasteiger partial charge in [-0.25, -0.2) is 14.4 Å². The molecule has 0 heterocycles. The highest BCUT2D eigenvalue weighted by atomic mass is 19.4. The van der Waals surface area contributed by atoms with Crippen molar-refractivity contribution in [3.63, 3.8) is 0 Å². The van der Waals surface area contributed by atoms with E-state index < -0.39 is 47.8 Å². The second-order valence-corrected chi connectivity index (χ2v) is 7.74. The van der Waals surface area contributed by atoms with Crippen LogP contribution in [0.2, 0.25) is 0 Å². The molecule has 0 fully saturated rings. The zero-order chi connectivity index (χ0) is 27.2. The highest BCUT2D eigenvalue weighted by molar-refractivity contribution is 6.01. The largest absolute Gasteiger partial charge is 0.478 e. The highest BCUT2D eigenvalue weighted by Gasteiger charge is 2.41. The van der Waals surface area contributed by atoms with E-state index in [9.17, 15) is 37.5 Å². The van der Waals surface area contributed by atoms with Gasteiger partial charge in [-0.05, 0) is 48.9 Å². The van der Waals surface area contributed by atoms with Crippen LogP contribution in [-0.2, 0) is 25.2 Å². The number of nitrogens with one attached hydrogen (secondary N) is 1.